The molecule has 0 radical (unpaired) electrons. The maximum absolute atomic E-state index is 5.96. The first-order chi connectivity index (χ1) is 15.1. The molecule has 2 N–H and O–H groups in total. The van der Waals surface area contributed by atoms with Gasteiger partial charge in [0.25, 0.3) is 0 Å². The lowest BCUT2D eigenvalue weighted by Crippen LogP contribution is -2.18. The van der Waals surface area contributed by atoms with Gasteiger partial charge in [-0.1, -0.05) is 6.42 Å². The summed E-state index contributed by atoms with van der Waals surface area (Å²) in [5.41, 5.74) is 10.9. The van der Waals surface area contributed by atoms with Crippen LogP contribution < -0.4 is 5.73 Å². The van der Waals surface area contributed by atoms with Crippen LogP contribution >= 0.6 is 0 Å². The van der Waals surface area contributed by atoms with Gasteiger partial charge in [0, 0.05) is 32.5 Å². The summed E-state index contributed by atoms with van der Waals surface area (Å²) in [6, 6.07) is 0. The summed E-state index contributed by atoms with van der Waals surface area (Å²) < 4.78 is 9.57. The Balaban J connectivity index is 1.58. The Bertz CT molecular complexity index is 1000. The number of hydrogen-bond acceptors (Lipinski definition) is 6. The number of imidazole rings is 1. The molecule has 0 amide bonds. The van der Waals surface area contributed by atoms with E-state index in [0.29, 0.717) is 12.5 Å². The molecular weight excluding hydrogens is 390 g/mol. The van der Waals surface area contributed by atoms with Gasteiger partial charge in [-0.15, -0.1) is 0 Å². The second kappa shape index (κ2) is 9.87. The Morgan fingerprint density at radius 3 is 2.74 bits per heavy atom. The molecule has 0 aliphatic carbocycles. The third kappa shape index (κ3) is 4.65. The molecule has 0 saturated carbocycles. The predicted octanol–water partition coefficient (Wildman–Crippen LogP) is 3.27. The zero-order chi connectivity index (χ0) is 21.8. The summed E-state index contributed by atoms with van der Waals surface area (Å²) in [5.74, 6) is 2.19. The minimum Gasteiger partial charge on any atom is -0.381 e. The monoisotopic (exact) mass is 425 g/mol. The maximum Gasteiger partial charge on any atom is 0.163 e. The SMILES string of the molecule is CCn1ncc(-c2nc3c(CC(CCN)CCC4CCOCC4)ncnc3n2C)c1C. The number of aryl methyl sites for hydroxylation is 2. The molecule has 1 aliphatic heterocycles. The van der Waals surface area contributed by atoms with Crippen molar-refractivity contribution in [3.63, 3.8) is 0 Å². The smallest absolute Gasteiger partial charge is 0.163 e. The van der Waals surface area contributed by atoms with E-state index in [1.165, 1.54) is 25.7 Å². The van der Waals surface area contributed by atoms with E-state index in [9.17, 15) is 0 Å². The van der Waals surface area contributed by atoms with Crippen LogP contribution in [0.4, 0.5) is 0 Å². The van der Waals surface area contributed by atoms with E-state index in [-0.39, 0.29) is 0 Å². The Kier molecular flexibility index (Phi) is 6.97. The fourth-order valence-electron chi connectivity index (χ4n) is 4.78. The van der Waals surface area contributed by atoms with Crippen LogP contribution in [0.15, 0.2) is 12.5 Å². The first-order valence-corrected chi connectivity index (χ1v) is 11.6. The van der Waals surface area contributed by atoms with Gasteiger partial charge in [-0.2, -0.15) is 5.10 Å². The molecule has 3 aromatic rings. The molecule has 31 heavy (non-hydrogen) atoms. The van der Waals surface area contributed by atoms with E-state index >= 15 is 0 Å². The molecule has 0 aromatic carbocycles. The molecule has 168 valence electrons. The number of aromatic nitrogens is 6. The normalized spacial score (nSPS) is 16.3. The van der Waals surface area contributed by atoms with Crippen molar-refractivity contribution in [2.24, 2.45) is 24.6 Å². The van der Waals surface area contributed by atoms with Crippen LogP contribution in [-0.2, 0) is 24.8 Å². The Hall–Kier alpha value is -2.32. The largest absolute Gasteiger partial charge is 0.381 e. The van der Waals surface area contributed by atoms with Gasteiger partial charge in [0.15, 0.2) is 5.65 Å². The van der Waals surface area contributed by atoms with Crippen LogP contribution in [0.2, 0.25) is 0 Å². The highest BCUT2D eigenvalue weighted by molar-refractivity contribution is 5.79. The van der Waals surface area contributed by atoms with E-state index < -0.39 is 0 Å². The molecule has 8 nitrogen and oxygen atoms in total. The molecule has 1 aliphatic rings. The molecule has 0 bridgehead atoms. The van der Waals surface area contributed by atoms with Gasteiger partial charge in [-0.3, -0.25) is 4.68 Å². The van der Waals surface area contributed by atoms with Gasteiger partial charge in [0.2, 0.25) is 0 Å². The molecule has 4 heterocycles. The Labute approximate surface area is 184 Å². The zero-order valence-electron chi connectivity index (χ0n) is 19.0. The van der Waals surface area contributed by atoms with Crippen molar-refractivity contribution >= 4 is 11.2 Å². The van der Waals surface area contributed by atoms with E-state index in [4.69, 9.17) is 15.5 Å². The number of fused-ring (bicyclic) bond motifs is 1. The van der Waals surface area contributed by atoms with Crippen molar-refractivity contribution in [2.75, 3.05) is 19.8 Å². The molecule has 0 spiro atoms. The molecule has 1 unspecified atom stereocenters. The van der Waals surface area contributed by atoms with Gasteiger partial charge >= 0.3 is 0 Å². The average molecular weight is 426 g/mol. The van der Waals surface area contributed by atoms with Crippen LogP contribution in [0.25, 0.3) is 22.6 Å². The van der Waals surface area contributed by atoms with Crippen LogP contribution in [0.1, 0.15) is 50.4 Å². The molecule has 3 aromatic heterocycles. The van der Waals surface area contributed by atoms with E-state index in [2.05, 4.69) is 33.5 Å². The fraction of sp³-hybridized carbons (Fsp3) is 0.652. The Morgan fingerprint density at radius 2 is 2.03 bits per heavy atom. The summed E-state index contributed by atoms with van der Waals surface area (Å²) in [5, 5.41) is 4.49. The van der Waals surface area contributed by atoms with Crippen molar-refractivity contribution in [2.45, 2.75) is 58.9 Å². The first kappa shape index (κ1) is 21.9. The van der Waals surface area contributed by atoms with E-state index in [1.54, 1.807) is 6.33 Å². The Morgan fingerprint density at radius 1 is 1.23 bits per heavy atom. The standard InChI is InChI=1S/C23H35N7O/c1-4-30-16(2)19(14-27-30)22-28-21-20(25-15-26-23(21)29(22)3)13-18(7-10-24)6-5-17-8-11-31-12-9-17/h14-15,17-18H,4-13,24H2,1-3H3. The third-order valence-electron chi connectivity index (χ3n) is 6.76. The molecule has 1 atom stereocenters. The van der Waals surface area contributed by atoms with Crippen LogP contribution in [0.3, 0.4) is 0 Å². The first-order valence-electron chi connectivity index (χ1n) is 11.6. The minimum absolute atomic E-state index is 0.515. The summed E-state index contributed by atoms with van der Waals surface area (Å²) in [4.78, 5) is 14.2. The second-order valence-electron chi connectivity index (χ2n) is 8.73. The topological polar surface area (TPSA) is 96.7 Å². The summed E-state index contributed by atoms with van der Waals surface area (Å²) in [6.45, 7) is 7.54. The maximum atomic E-state index is 5.96. The fourth-order valence-corrected chi connectivity index (χ4v) is 4.78. The van der Waals surface area contributed by atoms with Gasteiger partial charge < -0.3 is 15.0 Å². The van der Waals surface area contributed by atoms with Crippen LogP contribution in [0.5, 0.6) is 0 Å². The van der Waals surface area contributed by atoms with Gasteiger partial charge in [-0.05, 0) is 64.3 Å². The van der Waals surface area contributed by atoms with Crippen LogP contribution in [-0.4, -0.2) is 49.1 Å². The number of hydrogen-bond donors (Lipinski definition) is 1. The molecule has 8 heteroatoms. The second-order valence-corrected chi connectivity index (χ2v) is 8.73. The number of ether oxygens (including phenoxy) is 1. The number of nitrogens with two attached hydrogens (primary N) is 1. The van der Waals surface area contributed by atoms with Gasteiger partial charge in [0.05, 0.1) is 17.5 Å². The predicted molar refractivity (Wildman–Crippen MR) is 122 cm³/mol. The highest BCUT2D eigenvalue weighted by Gasteiger charge is 2.21. The highest BCUT2D eigenvalue weighted by Crippen LogP contribution is 2.29. The number of nitrogens with zero attached hydrogens (tertiary/aromatic N) is 6. The molecule has 1 saturated heterocycles. The highest BCUT2D eigenvalue weighted by atomic mass is 16.5. The lowest BCUT2D eigenvalue weighted by atomic mass is 9.87. The van der Waals surface area contributed by atoms with Crippen molar-refractivity contribution in [3.8, 4) is 11.4 Å². The molecule has 4 rings (SSSR count). The van der Waals surface area contributed by atoms with Crippen molar-refractivity contribution in [1.29, 1.82) is 0 Å². The van der Waals surface area contributed by atoms with E-state index in [1.807, 2.05) is 17.9 Å². The average Bonchev–Trinajstić information content (AvgIpc) is 3.33. The van der Waals surface area contributed by atoms with Gasteiger partial charge in [0.1, 0.15) is 17.7 Å². The summed E-state index contributed by atoms with van der Waals surface area (Å²) in [6.07, 6.45) is 10.3. The van der Waals surface area contributed by atoms with Crippen molar-refractivity contribution in [3.05, 3.63) is 23.9 Å². The zero-order valence-corrected chi connectivity index (χ0v) is 19.0. The van der Waals surface area contributed by atoms with Crippen molar-refractivity contribution < 1.29 is 4.74 Å². The van der Waals surface area contributed by atoms with Crippen LogP contribution in [0, 0.1) is 18.8 Å². The summed E-state index contributed by atoms with van der Waals surface area (Å²) >= 11 is 0. The third-order valence-corrected chi connectivity index (χ3v) is 6.76. The number of rotatable bonds is 9. The lowest BCUT2D eigenvalue weighted by Gasteiger charge is -2.24. The lowest BCUT2D eigenvalue weighted by molar-refractivity contribution is 0.0617. The van der Waals surface area contributed by atoms with Gasteiger partial charge in [-0.25, -0.2) is 15.0 Å². The minimum atomic E-state index is 0.515. The molecular formula is C23H35N7O. The van der Waals surface area contributed by atoms with E-state index in [0.717, 1.165) is 72.5 Å². The summed E-state index contributed by atoms with van der Waals surface area (Å²) in [7, 11) is 2.02. The molecule has 1 fully saturated rings. The quantitative estimate of drug-likeness (QED) is 0.565. The van der Waals surface area contributed by atoms with Crippen molar-refractivity contribution in [1.82, 2.24) is 29.3 Å².